The fourth-order valence-corrected chi connectivity index (χ4v) is 3.44. The molecule has 1 aliphatic heterocycles. The van der Waals surface area contributed by atoms with E-state index in [0.717, 1.165) is 37.7 Å². The fraction of sp³-hybridized carbons (Fsp3) is 0.500. The second kappa shape index (κ2) is 5.13. The Labute approximate surface area is 123 Å². The highest BCUT2D eigenvalue weighted by Gasteiger charge is 2.55. The zero-order valence-corrected chi connectivity index (χ0v) is 12.1. The predicted molar refractivity (Wildman–Crippen MR) is 75.9 cm³/mol. The minimum atomic E-state index is -0.643. The van der Waals surface area contributed by atoms with Gasteiger partial charge >= 0.3 is 6.03 Å². The molecule has 1 saturated carbocycles. The van der Waals surface area contributed by atoms with Gasteiger partial charge in [0.1, 0.15) is 11.4 Å². The van der Waals surface area contributed by atoms with Crippen LogP contribution in [-0.2, 0) is 11.3 Å². The first-order valence-electron chi connectivity index (χ1n) is 7.39. The minimum Gasteiger partial charge on any atom is -0.313 e. The molecule has 5 heteroatoms. The van der Waals surface area contributed by atoms with Crippen molar-refractivity contribution in [1.82, 2.24) is 9.80 Å². The fourth-order valence-electron chi connectivity index (χ4n) is 3.44. The van der Waals surface area contributed by atoms with Crippen molar-refractivity contribution in [3.05, 3.63) is 35.6 Å². The lowest BCUT2D eigenvalue weighted by Gasteiger charge is -2.35. The van der Waals surface area contributed by atoms with Crippen LogP contribution in [0, 0.1) is 5.82 Å². The lowest BCUT2D eigenvalue weighted by molar-refractivity contribution is -0.134. The van der Waals surface area contributed by atoms with Gasteiger partial charge in [-0.2, -0.15) is 0 Å². The molecular weight excluding hydrogens is 271 g/mol. The van der Waals surface area contributed by atoms with Crippen LogP contribution in [0.3, 0.4) is 0 Å². The Hall–Kier alpha value is -1.91. The molecule has 21 heavy (non-hydrogen) atoms. The molecule has 3 amide bonds. The standard InChI is InChI=1S/C16H19FN2O2/c1-18-15(21)19(11-12-5-7-13(17)8-6-12)14(20)16(18)9-3-2-4-10-16/h5-8H,2-4,9-11H2,1H3. The number of rotatable bonds is 2. The van der Waals surface area contributed by atoms with Gasteiger partial charge in [-0.1, -0.05) is 31.4 Å². The molecule has 0 aromatic heterocycles. The quantitative estimate of drug-likeness (QED) is 0.786. The van der Waals surface area contributed by atoms with Crippen molar-refractivity contribution in [3.63, 3.8) is 0 Å². The summed E-state index contributed by atoms with van der Waals surface area (Å²) in [5.74, 6) is -0.419. The Bertz CT molecular complexity index is 564. The van der Waals surface area contributed by atoms with E-state index >= 15 is 0 Å². The molecule has 0 unspecified atom stereocenters. The van der Waals surface area contributed by atoms with E-state index in [1.165, 1.54) is 17.0 Å². The molecule has 2 fully saturated rings. The monoisotopic (exact) mass is 290 g/mol. The minimum absolute atomic E-state index is 0.0981. The molecule has 0 atom stereocenters. The third-order valence-electron chi connectivity index (χ3n) is 4.74. The number of likely N-dealkylation sites (N-methyl/N-ethyl adjacent to an activating group) is 1. The number of halogens is 1. The summed E-state index contributed by atoms with van der Waals surface area (Å²) in [4.78, 5) is 28.1. The van der Waals surface area contributed by atoms with E-state index in [1.54, 1.807) is 24.1 Å². The third-order valence-corrected chi connectivity index (χ3v) is 4.74. The maximum Gasteiger partial charge on any atom is 0.327 e. The summed E-state index contributed by atoms with van der Waals surface area (Å²) in [6.07, 6.45) is 4.57. The van der Waals surface area contributed by atoms with Gasteiger partial charge in [0.25, 0.3) is 5.91 Å². The summed E-state index contributed by atoms with van der Waals surface area (Å²) in [5.41, 5.74) is 0.120. The molecule has 2 aliphatic rings. The number of imide groups is 1. The number of hydrogen-bond donors (Lipinski definition) is 0. The zero-order chi connectivity index (χ0) is 15.0. The largest absolute Gasteiger partial charge is 0.327 e. The van der Waals surface area contributed by atoms with E-state index in [-0.39, 0.29) is 24.3 Å². The molecule has 1 heterocycles. The van der Waals surface area contributed by atoms with Crippen molar-refractivity contribution in [2.75, 3.05) is 7.05 Å². The average molecular weight is 290 g/mol. The summed E-state index contributed by atoms with van der Waals surface area (Å²) < 4.78 is 12.9. The number of benzene rings is 1. The van der Waals surface area contributed by atoms with Crippen LogP contribution in [0.2, 0.25) is 0 Å². The number of amides is 3. The Morgan fingerprint density at radius 3 is 2.33 bits per heavy atom. The second-order valence-electron chi connectivity index (χ2n) is 5.95. The van der Waals surface area contributed by atoms with Crippen molar-refractivity contribution in [2.45, 2.75) is 44.2 Å². The molecule has 0 N–H and O–H groups in total. The van der Waals surface area contributed by atoms with Gasteiger partial charge in [-0.3, -0.25) is 9.69 Å². The van der Waals surface area contributed by atoms with E-state index in [9.17, 15) is 14.0 Å². The van der Waals surface area contributed by atoms with Crippen molar-refractivity contribution < 1.29 is 14.0 Å². The first-order valence-corrected chi connectivity index (χ1v) is 7.39. The molecule has 1 spiro atoms. The van der Waals surface area contributed by atoms with Gasteiger partial charge in [0.15, 0.2) is 0 Å². The first-order chi connectivity index (χ1) is 10.0. The number of urea groups is 1. The normalized spacial score (nSPS) is 21.4. The van der Waals surface area contributed by atoms with Gasteiger partial charge in [-0.15, -0.1) is 0 Å². The summed E-state index contributed by atoms with van der Waals surface area (Å²) >= 11 is 0. The number of nitrogens with zero attached hydrogens (tertiary/aromatic N) is 2. The molecule has 1 aromatic rings. The molecule has 112 valence electrons. The van der Waals surface area contributed by atoms with Crippen LogP contribution in [0.1, 0.15) is 37.7 Å². The summed E-state index contributed by atoms with van der Waals surface area (Å²) in [6, 6.07) is 5.68. The van der Waals surface area contributed by atoms with Gasteiger partial charge in [-0.25, -0.2) is 9.18 Å². The van der Waals surface area contributed by atoms with Crippen molar-refractivity contribution in [2.24, 2.45) is 0 Å². The average Bonchev–Trinajstić information content (AvgIpc) is 2.67. The lowest BCUT2D eigenvalue weighted by Crippen LogP contribution is -2.49. The number of carbonyl (C=O) groups is 2. The van der Waals surface area contributed by atoms with E-state index in [4.69, 9.17) is 0 Å². The maximum atomic E-state index is 12.9. The van der Waals surface area contributed by atoms with Gasteiger partial charge in [-0.05, 0) is 30.5 Å². The summed E-state index contributed by atoms with van der Waals surface area (Å²) in [7, 11) is 1.72. The molecule has 0 bridgehead atoms. The van der Waals surface area contributed by atoms with Crippen LogP contribution < -0.4 is 0 Å². The third kappa shape index (κ3) is 2.20. The number of carbonyl (C=O) groups excluding carboxylic acids is 2. The topological polar surface area (TPSA) is 40.6 Å². The highest BCUT2D eigenvalue weighted by atomic mass is 19.1. The highest BCUT2D eigenvalue weighted by Crippen LogP contribution is 2.39. The molecule has 1 aromatic carbocycles. The van der Waals surface area contributed by atoms with Crippen molar-refractivity contribution >= 4 is 11.9 Å². The Morgan fingerprint density at radius 1 is 1.10 bits per heavy atom. The van der Waals surface area contributed by atoms with Gasteiger partial charge in [0.2, 0.25) is 0 Å². The molecule has 4 nitrogen and oxygen atoms in total. The van der Waals surface area contributed by atoms with Crippen LogP contribution in [0.15, 0.2) is 24.3 Å². The van der Waals surface area contributed by atoms with Crippen LogP contribution in [0.25, 0.3) is 0 Å². The van der Waals surface area contributed by atoms with Crippen LogP contribution in [-0.4, -0.2) is 34.3 Å². The first kappa shape index (κ1) is 14.0. The molecular formula is C16H19FN2O2. The highest BCUT2D eigenvalue weighted by molar-refractivity contribution is 6.06. The zero-order valence-electron chi connectivity index (χ0n) is 12.1. The van der Waals surface area contributed by atoms with Gasteiger partial charge < -0.3 is 4.90 Å². The smallest absolute Gasteiger partial charge is 0.313 e. The summed E-state index contributed by atoms with van der Waals surface area (Å²) in [6.45, 7) is 0.212. The van der Waals surface area contributed by atoms with Gasteiger partial charge in [0.05, 0.1) is 6.54 Å². The van der Waals surface area contributed by atoms with E-state index in [0.29, 0.717) is 0 Å². The number of hydrogen-bond acceptors (Lipinski definition) is 2. The maximum absolute atomic E-state index is 12.9. The van der Waals surface area contributed by atoms with E-state index in [1.807, 2.05) is 0 Å². The lowest BCUT2D eigenvalue weighted by atomic mass is 9.81. The second-order valence-corrected chi connectivity index (χ2v) is 5.95. The predicted octanol–water partition coefficient (Wildman–Crippen LogP) is 2.92. The SMILES string of the molecule is CN1C(=O)N(Cc2ccc(F)cc2)C(=O)C12CCCCC2. The van der Waals surface area contributed by atoms with Gasteiger partial charge in [0, 0.05) is 7.05 Å². The van der Waals surface area contributed by atoms with Crippen molar-refractivity contribution in [1.29, 1.82) is 0 Å². The van der Waals surface area contributed by atoms with Crippen LogP contribution >= 0.6 is 0 Å². The van der Waals surface area contributed by atoms with Crippen LogP contribution in [0.5, 0.6) is 0 Å². The molecule has 1 saturated heterocycles. The Balaban J connectivity index is 1.84. The van der Waals surface area contributed by atoms with Crippen molar-refractivity contribution in [3.8, 4) is 0 Å². The Morgan fingerprint density at radius 2 is 1.71 bits per heavy atom. The molecule has 3 rings (SSSR count). The van der Waals surface area contributed by atoms with E-state index < -0.39 is 5.54 Å². The molecule has 0 radical (unpaired) electrons. The molecule has 1 aliphatic carbocycles. The Kier molecular flexibility index (Phi) is 3.43. The van der Waals surface area contributed by atoms with Crippen LogP contribution in [0.4, 0.5) is 9.18 Å². The summed E-state index contributed by atoms with van der Waals surface area (Å²) in [5, 5.41) is 0. The van der Waals surface area contributed by atoms with E-state index in [2.05, 4.69) is 0 Å².